The highest BCUT2D eigenvalue weighted by Gasteiger charge is 2.26. The lowest BCUT2D eigenvalue weighted by atomic mass is 10.0. The first kappa shape index (κ1) is 17.1. The van der Waals surface area contributed by atoms with Crippen LogP contribution in [0, 0.1) is 0 Å². The molecule has 0 radical (unpaired) electrons. The summed E-state index contributed by atoms with van der Waals surface area (Å²) in [5.74, 6) is 1.89. The molecule has 25 heavy (non-hydrogen) atoms. The molecule has 3 rings (SSSR count). The maximum Gasteiger partial charge on any atom is 0.191 e. The van der Waals surface area contributed by atoms with Crippen molar-refractivity contribution in [2.45, 2.75) is 25.5 Å². The van der Waals surface area contributed by atoms with Crippen LogP contribution in [0.3, 0.4) is 0 Å². The minimum absolute atomic E-state index is 0.0767. The number of guanidine groups is 1. The molecule has 0 saturated heterocycles. The molecule has 0 fully saturated rings. The van der Waals surface area contributed by atoms with Gasteiger partial charge in [0.25, 0.3) is 0 Å². The van der Waals surface area contributed by atoms with Gasteiger partial charge >= 0.3 is 0 Å². The van der Waals surface area contributed by atoms with Gasteiger partial charge in [-0.2, -0.15) is 0 Å². The van der Waals surface area contributed by atoms with Crippen LogP contribution in [0.4, 0.5) is 0 Å². The van der Waals surface area contributed by atoms with E-state index in [1.54, 1.807) is 32.4 Å². The zero-order valence-electron chi connectivity index (χ0n) is 14.6. The molecule has 0 aliphatic heterocycles. The number of aliphatic hydroxyl groups is 1. The molecule has 3 N–H and O–H groups in total. The lowest BCUT2D eigenvalue weighted by Crippen LogP contribution is -2.45. The van der Waals surface area contributed by atoms with Crippen LogP contribution in [0.2, 0.25) is 0 Å². The fraction of sp³-hybridized carbons (Fsp3) is 0.316. The van der Waals surface area contributed by atoms with E-state index < -0.39 is 5.60 Å². The maximum atomic E-state index is 10.5. The fourth-order valence-corrected chi connectivity index (χ4v) is 2.61. The molecule has 2 heterocycles. The Morgan fingerprint density at radius 1 is 1.28 bits per heavy atom. The first-order chi connectivity index (χ1) is 12.0. The standard InChI is InChI=1S/C19H23N3O3/c1-13(16-11-14-7-4-5-8-15(14)25-16)22-18(20-3)21-12-19(2,23)17-9-6-10-24-17/h4-11,13,23H,12H2,1-3H3,(H2,20,21,22). The third-order valence-corrected chi connectivity index (χ3v) is 4.10. The summed E-state index contributed by atoms with van der Waals surface area (Å²) in [5, 5.41) is 18.0. The van der Waals surface area contributed by atoms with Crippen molar-refractivity contribution in [2.24, 2.45) is 4.99 Å². The van der Waals surface area contributed by atoms with Crippen molar-refractivity contribution in [3.05, 3.63) is 60.2 Å². The third-order valence-electron chi connectivity index (χ3n) is 4.10. The van der Waals surface area contributed by atoms with E-state index in [1.807, 2.05) is 37.3 Å². The number of aliphatic imine (C=N–C) groups is 1. The summed E-state index contributed by atoms with van der Waals surface area (Å²) < 4.78 is 11.2. The predicted octanol–water partition coefficient (Wildman–Crippen LogP) is 3.16. The van der Waals surface area contributed by atoms with E-state index in [4.69, 9.17) is 8.83 Å². The molecule has 0 bridgehead atoms. The van der Waals surface area contributed by atoms with E-state index in [9.17, 15) is 5.11 Å². The molecule has 3 aromatic rings. The minimum Gasteiger partial charge on any atom is -0.466 e. The molecule has 1 aromatic carbocycles. The van der Waals surface area contributed by atoms with Crippen molar-refractivity contribution >= 4 is 16.9 Å². The number of hydrogen-bond acceptors (Lipinski definition) is 4. The van der Waals surface area contributed by atoms with Gasteiger partial charge in [0.15, 0.2) is 5.96 Å². The third kappa shape index (κ3) is 3.85. The predicted molar refractivity (Wildman–Crippen MR) is 97.4 cm³/mol. The smallest absolute Gasteiger partial charge is 0.191 e. The van der Waals surface area contributed by atoms with E-state index in [2.05, 4.69) is 15.6 Å². The van der Waals surface area contributed by atoms with Crippen LogP contribution in [0.15, 0.2) is 62.6 Å². The van der Waals surface area contributed by atoms with Crippen LogP contribution in [0.5, 0.6) is 0 Å². The second-order valence-corrected chi connectivity index (χ2v) is 6.23. The highest BCUT2D eigenvalue weighted by atomic mass is 16.4. The number of furan rings is 2. The average Bonchev–Trinajstić information content (AvgIpc) is 3.27. The Kier molecular flexibility index (Phi) is 4.81. The molecule has 6 heteroatoms. The fourth-order valence-electron chi connectivity index (χ4n) is 2.61. The van der Waals surface area contributed by atoms with Gasteiger partial charge in [0, 0.05) is 12.4 Å². The molecular formula is C19H23N3O3. The Morgan fingerprint density at radius 2 is 2.08 bits per heavy atom. The average molecular weight is 341 g/mol. The van der Waals surface area contributed by atoms with Crippen molar-refractivity contribution in [2.75, 3.05) is 13.6 Å². The molecule has 132 valence electrons. The Labute approximate surface area is 146 Å². The van der Waals surface area contributed by atoms with Gasteiger partial charge < -0.3 is 24.6 Å². The summed E-state index contributed by atoms with van der Waals surface area (Å²) >= 11 is 0. The van der Waals surface area contributed by atoms with Crippen molar-refractivity contribution in [3.8, 4) is 0 Å². The van der Waals surface area contributed by atoms with Crippen molar-refractivity contribution < 1.29 is 13.9 Å². The quantitative estimate of drug-likeness (QED) is 0.490. The normalized spacial score (nSPS) is 15.8. The second kappa shape index (κ2) is 7.03. The lowest BCUT2D eigenvalue weighted by Gasteiger charge is -2.23. The van der Waals surface area contributed by atoms with E-state index in [1.165, 1.54) is 0 Å². The minimum atomic E-state index is -1.14. The summed E-state index contributed by atoms with van der Waals surface area (Å²) in [6.45, 7) is 3.94. The zero-order chi connectivity index (χ0) is 17.9. The van der Waals surface area contributed by atoms with Crippen molar-refractivity contribution in [1.82, 2.24) is 10.6 Å². The van der Waals surface area contributed by atoms with E-state index in [0.29, 0.717) is 11.7 Å². The molecular weight excluding hydrogens is 318 g/mol. The maximum absolute atomic E-state index is 10.5. The summed E-state index contributed by atoms with van der Waals surface area (Å²) in [5.41, 5.74) is -0.279. The van der Waals surface area contributed by atoms with Gasteiger partial charge in [-0.3, -0.25) is 4.99 Å². The molecule has 2 aromatic heterocycles. The Balaban J connectivity index is 1.63. The monoisotopic (exact) mass is 341 g/mol. The van der Waals surface area contributed by atoms with Crippen LogP contribution in [0.25, 0.3) is 11.0 Å². The van der Waals surface area contributed by atoms with Gasteiger partial charge in [-0.05, 0) is 38.1 Å². The number of benzene rings is 1. The molecule has 0 amide bonds. The van der Waals surface area contributed by atoms with Gasteiger partial charge in [0.05, 0.1) is 18.8 Å². The van der Waals surface area contributed by atoms with Crippen LogP contribution < -0.4 is 10.6 Å². The number of fused-ring (bicyclic) bond motifs is 1. The van der Waals surface area contributed by atoms with Crippen LogP contribution in [-0.4, -0.2) is 24.7 Å². The SMILES string of the molecule is CN=C(NCC(C)(O)c1ccco1)NC(C)c1cc2ccccc2o1. The Bertz CT molecular complexity index is 817. The summed E-state index contributed by atoms with van der Waals surface area (Å²) in [6.07, 6.45) is 1.54. The number of nitrogens with one attached hydrogen (secondary N) is 2. The highest BCUT2D eigenvalue weighted by molar-refractivity contribution is 5.81. The summed E-state index contributed by atoms with van der Waals surface area (Å²) in [7, 11) is 1.68. The van der Waals surface area contributed by atoms with Crippen LogP contribution >= 0.6 is 0 Å². The highest BCUT2D eigenvalue weighted by Crippen LogP contribution is 2.23. The van der Waals surface area contributed by atoms with E-state index >= 15 is 0 Å². The van der Waals surface area contributed by atoms with Gasteiger partial charge in [-0.15, -0.1) is 0 Å². The number of nitrogens with zero attached hydrogens (tertiary/aromatic N) is 1. The Morgan fingerprint density at radius 3 is 2.76 bits per heavy atom. The van der Waals surface area contributed by atoms with Gasteiger partial charge in [0.2, 0.25) is 0 Å². The number of para-hydroxylation sites is 1. The molecule has 0 spiro atoms. The molecule has 0 aliphatic rings. The Hall–Kier alpha value is -2.73. The largest absolute Gasteiger partial charge is 0.466 e. The molecule has 2 unspecified atom stereocenters. The zero-order valence-corrected chi connectivity index (χ0v) is 14.6. The molecule has 6 nitrogen and oxygen atoms in total. The first-order valence-electron chi connectivity index (χ1n) is 8.21. The topological polar surface area (TPSA) is 82.9 Å². The number of hydrogen-bond donors (Lipinski definition) is 3. The van der Waals surface area contributed by atoms with Gasteiger partial charge in [-0.1, -0.05) is 18.2 Å². The lowest BCUT2D eigenvalue weighted by molar-refractivity contribution is 0.0385. The van der Waals surface area contributed by atoms with Gasteiger partial charge in [-0.25, -0.2) is 0 Å². The summed E-state index contributed by atoms with van der Waals surface area (Å²) in [6, 6.07) is 13.3. The second-order valence-electron chi connectivity index (χ2n) is 6.23. The van der Waals surface area contributed by atoms with Crippen LogP contribution in [0.1, 0.15) is 31.4 Å². The van der Waals surface area contributed by atoms with Crippen molar-refractivity contribution in [1.29, 1.82) is 0 Å². The molecule has 2 atom stereocenters. The molecule has 0 aliphatic carbocycles. The first-order valence-corrected chi connectivity index (χ1v) is 8.21. The molecule has 0 saturated carbocycles. The summed E-state index contributed by atoms with van der Waals surface area (Å²) in [4.78, 5) is 4.20. The number of rotatable bonds is 5. The van der Waals surface area contributed by atoms with E-state index in [0.717, 1.165) is 16.7 Å². The van der Waals surface area contributed by atoms with Gasteiger partial charge in [0.1, 0.15) is 22.7 Å². The van der Waals surface area contributed by atoms with Crippen molar-refractivity contribution in [3.63, 3.8) is 0 Å². The van der Waals surface area contributed by atoms with Crippen LogP contribution in [-0.2, 0) is 5.60 Å². The van der Waals surface area contributed by atoms with E-state index in [-0.39, 0.29) is 12.6 Å².